The maximum atomic E-state index is 5.62. The highest BCUT2D eigenvalue weighted by molar-refractivity contribution is 5.42. The number of H-pyrrole nitrogens is 1. The van der Waals surface area contributed by atoms with Crippen molar-refractivity contribution >= 4 is 5.82 Å². The van der Waals surface area contributed by atoms with Crippen molar-refractivity contribution < 1.29 is 0 Å². The molecule has 1 aromatic rings. The van der Waals surface area contributed by atoms with Gasteiger partial charge in [-0.3, -0.25) is 5.10 Å². The van der Waals surface area contributed by atoms with Crippen molar-refractivity contribution in [3.8, 4) is 0 Å². The predicted molar refractivity (Wildman–Crippen MR) is 62.3 cm³/mol. The molecule has 0 bridgehead atoms. The van der Waals surface area contributed by atoms with Crippen LogP contribution in [0.4, 0.5) is 5.82 Å². The maximum absolute atomic E-state index is 5.62. The molecular formula is C11H23N3. The average molecular weight is 197 g/mol. The van der Waals surface area contributed by atoms with Crippen LogP contribution in [0.5, 0.6) is 0 Å². The number of anilines is 1. The Hall–Kier alpha value is -0.990. The van der Waals surface area contributed by atoms with Crippen LogP contribution >= 0.6 is 0 Å². The summed E-state index contributed by atoms with van der Waals surface area (Å²) in [5, 5.41) is 6.90. The lowest BCUT2D eigenvalue weighted by Gasteiger charge is -2.08. The smallest absolute Gasteiger partial charge is 0.148 e. The summed E-state index contributed by atoms with van der Waals surface area (Å²) in [5.74, 6) is 0.703. The third-order valence-corrected chi connectivity index (χ3v) is 2.09. The number of fused-ring (bicyclic) bond motifs is 1. The Kier molecular flexibility index (Phi) is 6.89. The van der Waals surface area contributed by atoms with Crippen LogP contribution in [0.25, 0.3) is 0 Å². The molecule has 0 saturated carbocycles. The van der Waals surface area contributed by atoms with Gasteiger partial charge >= 0.3 is 0 Å². The van der Waals surface area contributed by atoms with E-state index in [2.05, 4.69) is 10.2 Å². The highest BCUT2D eigenvalue weighted by Gasteiger charge is 2.13. The van der Waals surface area contributed by atoms with Crippen LogP contribution in [-0.2, 0) is 12.8 Å². The van der Waals surface area contributed by atoms with Gasteiger partial charge in [0.15, 0.2) is 0 Å². The normalized spacial score (nSPS) is 12.9. The molecule has 0 aromatic carbocycles. The van der Waals surface area contributed by atoms with Gasteiger partial charge in [-0.15, -0.1) is 0 Å². The van der Waals surface area contributed by atoms with Crippen molar-refractivity contribution in [3.05, 3.63) is 11.3 Å². The zero-order valence-electron chi connectivity index (χ0n) is 9.85. The molecule has 0 amide bonds. The Bertz CT molecular complexity index is 241. The number of nitrogen functional groups attached to an aromatic ring is 1. The Morgan fingerprint density at radius 1 is 1.07 bits per heavy atom. The van der Waals surface area contributed by atoms with E-state index in [-0.39, 0.29) is 0 Å². The summed E-state index contributed by atoms with van der Waals surface area (Å²) in [6.07, 6.45) is 4.77. The molecule has 0 unspecified atom stereocenters. The second kappa shape index (κ2) is 7.42. The molecule has 2 rings (SSSR count). The van der Waals surface area contributed by atoms with Gasteiger partial charge in [0, 0.05) is 11.3 Å². The summed E-state index contributed by atoms with van der Waals surface area (Å²) in [7, 11) is 0. The number of aromatic nitrogens is 2. The fraction of sp³-hybridized carbons (Fsp3) is 0.727. The molecule has 1 aliphatic carbocycles. The van der Waals surface area contributed by atoms with Crippen molar-refractivity contribution in [2.24, 2.45) is 0 Å². The average Bonchev–Trinajstić information content (AvgIpc) is 2.67. The van der Waals surface area contributed by atoms with Crippen LogP contribution in [-0.4, -0.2) is 10.2 Å². The zero-order chi connectivity index (χ0) is 11.0. The summed E-state index contributed by atoms with van der Waals surface area (Å²) >= 11 is 0. The van der Waals surface area contributed by atoms with Crippen LogP contribution in [0.1, 0.15) is 51.8 Å². The third-order valence-electron chi connectivity index (χ3n) is 2.09. The molecule has 1 heterocycles. The van der Waals surface area contributed by atoms with Gasteiger partial charge in [-0.2, -0.15) is 5.10 Å². The number of rotatable bonds is 0. The van der Waals surface area contributed by atoms with Gasteiger partial charge in [-0.1, -0.05) is 27.7 Å². The van der Waals surface area contributed by atoms with Gasteiger partial charge in [0.2, 0.25) is 0 Å². The molecule has 0 fully saturated rings. The van der Waals surface area contributed by atoms with E-state index in [1.807, 2.05) is 27.7 Å². The minimum absolute atomic E-state index is 0.703. The Balaban J connectivity index is 0.000000379. The molecule has 14 heavy (non-hydrogen) atoms. The Morgan fingerprint density at radius 3 is 2.21 bits per heavy atom. The summed E-state index contributed by atoms with van der Waals surface area (Å²) in [6, 6.07) is 0. The minimum atomic E-state index is 0.703. The molecular weight excluding hydrogens is 174 g/mol. The van der Waals surface area contributed by atoms with Crippen LogP contribution in [0.15, 0.2) is 0 Å². The standard InChI is InChI=1S/C7H11N3.2C2H6/c8-7-5-3-1-2-4-6(5)9-10-7;2*1-2/h1-4H2,(H3,8,9,10);2*1-2H3. The number of aryl methyl sites for hydroxylation is 1. The van der Waals surface area contributed by atoms with Gasteiger partial charge in [-0.05, 0) is 25.7 Å². The van der Waals surface area contributed by atoms with Gasteiger partial charge in [0.05, 0.1) is 0 Å². The highest BCUT2D eigenvalue weighted by Crippen LogP contribution is 2.22. The molecule has 1 aromatic heterocycles. The van der Waals surface area contributed by atoms with E-state index in [0.717, 1.165) is 12.8 Å². The molecule has 0 aliphatic heterocycles. The summed E-state index contributed by atoms with van der Waals surface area (Å²) in [4.78, 5) is 0. The fourth-order valence-electron chi connectivity index (χ4n) is 1.51. The molecule has 0 radical (unpaired) electrons. The Labute approximate surface area is 87.1 Å². The SMILES string of the molecule is CC.CC.Nc1n[nH]c2c1CCCC2. The summed E-state index contributed by atoms with van der Waals surface area (Å²) in [5.41, 5.74) is 8.13. The molecule has 0 atom stereocenters. The number of aromatic amines is 1. The quantitative estimate of drug-likeness (QED) is 0.672. The predicted octanol–water partition coefficient (Wildman–Crippen LogP) is 2.92. The van der Waals surface area contributed by atoms with E-state index < -0.39 is 0 Å². The lowest BCUT2D eigenvalue weighted by molar-refractivity contribution is 0.675. The second-order valence-electron chi connectivity index (χ2n) is 2.77. The van der Waals surface area contributed by atoms with Crippen molar-refractivity contribution in [2.45, 2.75) is 53.4 Å². The van der Waals surface area contributed by atoms with Gasteiger partial charge in [0.25, 0.3) is 0 Å². The topological polar surface area (TPSA) is 54.7 Å². The molecule has 1 aliphatic rings. The lowest BCUT2D eigenvalue weighted by Crippen LogP contribution is -2.01. The van der Waals surface area contributed by atoms with Crippen molar-refractivity contribution in [1.29, 1.82) is 0 Å². The first-order valence-corrected chi connectivity index (χ1v) is 5.69. The molecule has 82 valence electrons. The number of nitrogens with zero attached hydrogens (tertiary/aromatic N) is 1. The minimum Gasteiger partial charge on any atom is -0.382 e. The van der Waals surface area contributed by atoms with Gasteiger partial charge in [0.1, 0.15) is 5.82 Å². The molecule has 3 N–H and O–H groups in total. The van der Waals surface area contributed by atoms with E-state index in [1.165, 1.54) is 24.1 Å². The third kappa shape index (κ3) is 3.05. The number of hydrogen-bond donors (Lipinski definition) is 2. The van der Waals surface area contributed by atoms with Crippen molar-refractivity contribution in [3.63, 3.8) is 0 Å². The van der Waals surface area contributed by atoms with E-state index in [0.29, 0.717) is 5.82 Å². The highest BCUT2D eigenvalue weighted by atomic mass is 15.2. The van der Waals surface area contributed by atoms with Crippen molar-refractivity contribution in [2.75, 3.05) is 5.73 Å². The molecule has 3 heteroatoms. The van der Waals surface area contributed by atoms with Crippen LogP contribution in [0.2, 0.25) is 0 Å². The van der Waals surface area contributed by atoms with E-state index in [9.17, 15) is 0 Å². The first-order chi connectivity index (χ1) is 6.88. The van der Waals surface area contributed by atoms with Crippen LogP contribution in [0, 0.1) is 0 Å². The number of nitrogens with one attached hydrogen (secondary N) is 1. The summed E-state index contributed by atoms with van der Waals surface area (Å²) in [6.45, 7) is 8.00. The Morgan fingerprint density at radius 2 is 1.64 bits per heavy atom. The van der Waals surface area contributed by atoms with E-state index >= 15 is 0 Å². The number of hydrogen-bond acceptors (Lipinski definition) is 2. The maximum Gasteiger partial charge on any atom is 0.148 e. The molecule has 3 nitrogen and oxygen atoms in total. The zero-order valence-corrected chi connectivity index (χ0v) is 9.85. The van der Waals surface area contributed by atoms with Crippen molar-refractivity contribution in [1.82, 2.24) is 10.2 Å². The van der Waals surface area contributed by atoms with E-state index in [4.69, 9.17) is 5.73 Å². The van der Waals surface area contributed by atoms with Gasteiger partial charge < -0.3 is 5.73 Å². The fourth-order valence-corrected chi connectivity index (χ4v) is 1.51. The molecule has 0 spiro atoms. The molecule has 0 saturated heterocycles. The lowest BCUT2D eigenvalue weighted by atomic mass is 9.98. The van der Waals surface area contributed by atoms with Gasteiger partial charge in [-0.25, -0.2) is 0 Å². The van der Waals surface area contributed by atoms with Crippen LogP contribution < -0.4 is 5.73 Å². The summed E-state index contributed by atoms with van der Waals surface area (Å²) < 4.78 is 0. The largest absolute Gasteiger partial charge is 0.382 e. The van der Waals surface area contributed by atoms with E-state index in [1.54, 1.807) is 0 Å². The first-order valence-electron chi connectivity index (χ1n) is 5.69. The number of nitrogens with two attached hydrogens (primary N) is 1. The second-order valence-corrected chi connectivity index (χ2v) is 2.77. The monoisotopic (exact) mass is 197 g/mol. The first kappa shape index (κ1) is 13.0. The van der Waals surface area contributed by atoms with Crippen LogP contribution in [0.3, 0.4) is 0 Å².